The molecule has 0 N–H and O–H groups in total. The Bertz CT molecular complexity index is 608. The second-order valence-corrected chi connectivity index (χ2v) is 7.39. The van der Waals surface area contributed by atoms with E-state index in [1.54, 1.807) is 0 Å². The Labute approximate surface area is 128 Å². The zero-order valence-corrected chi connectivity index (χ0v) is 13.1. The van der Waals surface area contributed by atoms with Gasteiger partial charge in [-0.3, -0.25) is 4.79 Å². The van der Waals surface area contributed by atoms with Crippen LogP contribution in [0.4, 0.5) is 0 Å². The van der Waals surface area contributed by atoms with Gasteiger partial charge in [-0.15, -0.1) is 0 Å². The Morgan fingerprint density at radius 3 is 2.25 bits per heavy atom. The van der Waals surface area contributed by atoms with Crippen LogP contribution in [0.5, 0.6) is 0 Å². The van der Waals surface area contributed by atoms with E-state index >= 15 is 0 Å². The normalized spacial score (nSPS) is 17.7. The molecule has 1 fully saturated rings. The lowest BCUT2D eigenvalue weighted by Crippen LogP contribution is -2.32. The zero-order valence-electron chi connectivity index (χ0n) is 10.8. The summed E-state index contributed by atoms with van der Waals surface area (Å²) in [5, 5.41) is -0.593. The van der Waals surface area contributed by atoms with Gasteiger partial charge in [-0.05, 0) is 42.6 Å². The van der Waals surface area contributed by atoms with E-state index in [0.29, 0.717) is 13.1 Å². The highest BCUT2D eigenvalue weighted by Gasteiger charge is 2.27. The lowest BCUT2D eigenvalue weighted by Gasteiger charge is -2.20. The summed E-state index contributed by atoms with van der Waals surface area (Å²) < 4.78 is 26.7. The second kappa shape index (κ2) is 6.43. The summed E-state index contributed by atoms with van der Waals surface area (Å²) in [6.07, 6.45) is 3.73. The molecule has 20 heavy (non-hydrogen) atoms. The van der Waals surface area contributed by atoms with E-state index in [1.165, 1.54) is 22.5 Å². The summed E-state index contributed by atoms with van der Waals surface area (Å²) in [4.78, 5) is 11.1. The quantitative estimate of drug-likeness (QED) is 0.796. The maximum absolute atomic E-state index is 12.6. The fourth-order valence-corrected chi connectivity index (χ4v) is 4.38. The highest BCUT2D eigenvalue weighted by atomic mass is 35.5. The lowest BCUT2D eigenvalue weighted by atomic mass is 10.2. The Hall–Kier alpha value is -0.620. The monoisotopic (exact) mass is 335 g/mol. The minimum absolute atomic E-state index is 0.0485. The molecule has 1 aliphatic rings. The second-order valence-electron chi connectivity index (χ2n) is 4.74. The van der Waals surface area contributed by atoms with E-state index in [0.717, 1.165) is 25.7 Å². The third-order valence-corrected chi connectivity index (χ3v) is 5.94. The van der Waals surface area contributed by atoms with Crippen LogP contribution in [0, 0.1) is 0 Å². The summed E-state index contributed by atoms with van der Waals surface area (Å²) in [5.74, 6) is 0. The molecule has 0 unspecified atom stereocenters. The maximum atomic E-state index is 12.6. The van der Waals surface area contributed by atoms with E-state index < -0.39 is 15.3 Å². The molecular formula is C13H15Cl2NO3S. The van der Waals surface area contributed by atoms with Crippen molar-refractivity contribution < 1.29 is 13.2 Å². The highest BCUT2D eigenvalue weighted by Crippen LogP contribution is 2.28. The fourth-order valence-electron chi connectivity index (χ4n) is 2.24. The first-order valence-electron chi connectivity index (χ1n) is 6.42. The van der Waals surface area contributed by atoms with Crippen LogP contribution in [-0.2, 0) is 10.0 Å². The lowest BCUT2D eigenvalue weighted by molar-refractivity contribution is 0.108. The van der Waals surface area contributed by atoms with Crippen LogP contribution in [0.25, 0.3) is 0 Å². The minimum Gasteiger partial charge on any atom is -0.276 e. The molecule has 1 aromatic rings. The molecule has 0 saturated carbocycles. The van der Waals surface area contributed by atoms with Crippen molar-refractivity contribution in [3.63, 3.8) is 0 Å². The zero-order chi connectivity index (χ0) is 14.8. The molecule has 1 aromatic carbocycles. The van der Waals surface area contributed by atoms with Crippen molar-refractivity contribution in [2.45, 2.75) is 30.6 Å². The number of carbonyl (C=O) groups excluding carboxylic acids is 1. The standard InChI is InChI=1S/C13H15Cl2NO3S/c14-11-6-5-10(13(15)17)9-12(11)20(18,19)16-7-3-1-2-4-8-16/h5-6,9H,1-4,7-8H2. The predicted molar refractivity (Wildman–Crippen MR) is 78.9 cm³/mol. The maximum Gasteiger partial charge on any atom is 0.252 e. The van der Waals surface area contributed by atoms with Gasteiger partial charge >= 0.3 is 0 Å². The molecule has 4 nitrogen and oxygen atoms in total. The van der Waals surface area contributed by atoms with Gasteiger partial charge in [0.05, 0.1) is 5.02 Å². The van der Waals surface area contributed by atoms with Crippen LogP contribution >= 0.6 is 23.2 Å². The van der Waals surface area contributed by atoms with Gasteiger partial charge in [-0.2, -0.15) is 4.31 Å². The average Bonchev–Trinajstić information content (AvgIpc) is 2.68. The topological polar surface area (TPSA) is 54.5 Å². The summed E-state index contributed by atoms with van der Waals surface area (Å²) >= 11 is 11.4. The molecule has 1 saturated heterocycles. The van der Waals surface area contributed by atoms with Crippen molar-refractivity contribution >= 4 is 38.5 Å². The van der Waals surface area contributed by atoms with Crippen molar-refractivity contribution in [3.8, 4) is 0 Å². The van der Waals surface area contributed by atoms with Gasteiger partial charge in [0.2, 0.25) is 10.0 Å². The SMILES string of the molecule is O=C(Cl)c1ccc(Cl)c(S(=O)(=O)N2CCCCCC2)c1. The molecule has 7 heteroatoms. The van der Waals surface area contributed by atoms with Gasteiger partial charge in [0.25, 0.3) is 5.24 Å². The van der Waals surface area contributed by atoms with E-state index in [1.807, 2.05) is 0 Å². The van der Waals surface area contributed by atoms with Gasteiger partial charge in [-0.25, -0.2) is 8.42 Å². The molecule has 0 bridgehead atoms. The van der Waals surface area contributed by atoms with E-state index in [-0.39, 0.29) is 15.5 Å². The molecule has 1 heterocycles. The summed E-state index contributed by atoms with van der Waals surface area (Å²) in [7, 11) is -3.68. The molecule has 0 atom stereocenters. The van der Waals surface area contributed by atoms with Crippen LogP contribution in [0.1, 0.15) is 36.0 Å². The van der Waals surface area contributed by atoms with Gasteiger partial charge in [0.1, 0.15) is 4.90 Å². The van der Waals surface area contributed by atoms with Crippen LogP contribution in [0.3, 0.4) is 0 Å². The van der Waals surface area contributed by atoms with E-state index in [4.69, 9.17) is 23.2 Å². The number of benzene rings is 1. The number of hydrogen-bond acceptors (Lipinski definition) is 3. The fraction of sp³-hybridized carbons (Fsp3) is 0.462. The van der Waals surface area contributed by atoms with Crippen molar-refractivity contribution in [1.82, 2.24) is 4.31 Å². The smallest absolute Gasteiger partial charge is 0.252 e. The molecule has 0 spiro atoms. The molecule has 0 aliphatic carbocycles. The van der Waals surface area contributed by atoms with E-state index in [2.05, 4.69) is 0 Å². The number of nitrogens with zero attached hydrogens (tertiary/aromatic N) is 1. The van der Waals surface area contributed by atoms with Crippen molar-refractivity contribution in [3.05, 3.63) is 28.8 Å². The largest absolute Gasteiger partial charge is 0.276 e. The Morgan fingerprint density at radius 2 is 1.70 bits per heavy atom. The molecular weight excluding hydrogens is 321 g/mol. The number of sulfonamides is 1. The first-order chi connectivity index (χ1) is 9.43. The third-order valence-electron chi connectivity index (χ3n) is 3.34. The average molecular weight is 336 g/mol. The van der Waals surface area contributed by atoms with Gasteiger partial charge < -0.3 is 0 Å². The highest BCUT2D eigenvalue weighted by molar-refractivity contribution is 7.89. The molecule has 110 valence electrons. The van der Waals surface area contributed by atoms with Gasteiger partial charge in [-0.1, -0.05) is 24.4 Å². The van der Waals surface area contributed by atoms with Crippen molar-refractivity contribution in [1.29, 1.82) is 0 Å². The first kappa shape index (κ1) is 15.8. The van der Waals surface area contributed by atoms with Gasteiger partial charge in [0, 0.05) is 18.7 Å². The number of halogens is 2. The first-order valence-corrected chi connectivity index (χ1v) is 8.62. The minimum atomic E-state index is -3.68. The van der Waals surface area contributed by atoms with Gasteiger partial charge in [0.15, 0.2) is 0 Å². The molecule has 2 rings (SSSR count). The van der Waals surface area contributed by atoms with E-state index in [9.17, 15) is 13.2 Å². The van der Waals surface area contributed by atoms with Crippen LogP contribution in [0.15, 0.2) is 23.1 Å². The molecule has 1 aliphatic heterocycles. The van der Waals surface area contributed by atoms with Crippen molar-refractivity contribution in [2.24, 2.45) is 0 Å². The van der Waals surface area contributed by atoms with Crippen LogP contribution < -0.4 is 0 Å². The Balaban J connectivity index is 2.42. The number of rotatable bonds is 3. The third kappa shape index (κ3) is 3.34. The number of carbonyl (C=O) groups is 1. The summed E-state index contributed by atoms with van der Waals surface area (Å²) in [6, 6.07) is 4.05. The Kier molecular flexibility index (Phi) is 5.07. The molecule has 0 aromatic heterocycles. The Morgan fingerprint density at radius 1 is 1.10 bits per heavy atom. The van der Waals surface area contributed by atoms with Crippen molar-refractivity contribution in [2.75, 3.05) is 13.1 Å². The molecule has 0 amide bonds. The number of hydrogen-bond donors (Lipinski definition) is 0. The van der Waals surface area contributed by atoms with Crippen LogP contribution in [-0.4, -0.2) is 31.1 Å². The summed E-state index contributed by atoms with van der Waals surface area (Å²) in [6.45, 7) is 0.968. The van der Waals surface area contributed by atoms with Crippen LogP contribution in [0.2, 0.25) is 5.02 Å². The summed E-state index contributed by atoms with van der Waals surface area (Å²) in [5.41, 5.74) is 0.129. The predicted octanol–water partition coefficient (Wildman–Crippen LogP) is 3.28. The molecule has 0 radical (unpaired) electrons.